The highest BCUT2D eigenvalue weighted by Gasteiger charge is 2.11. The molecule has 2 N–H and O–H groups in total. The van der Waals surface area contributed by atoms with Crippen molar-refractivity contribution in [3.05, 3.63) is 53.1 Å². The first-order valence-electron chi connectivity index (χ1n) is 6.11. The Kier molecular flexibility index (Phi) is 4.93. The highest BCUT2D eigenvalue weighted by atomic mass is 35.5. The van der Waals surface area contributed by atoms with Crippen molar-refractivity contribution in [3.8, 4) is 0 Å². The van der Waals surface area contributed by atoms with E-state index in [1.165, 1.54) is 11.8 Å². The van der Waals surface area contributed by atoms with Gasteiger partial charge < -0.3 is 10.5 Å². The van der Waals surface area contributed by atoms with Crippen LogP contribution in [0.25, 0.3) is 0 Å². The summed E-state index contributed by atoms with van der Waals surface area (Å²) in [5, 5.41) is 0.651. The van der Waals surface area contributed by atoms with Crippen molar-refractivity contribution in [2.24, 2.45) is 0 Å². The van der Waals surface area contributed by atoms with Crippen molar-refractivity contribution in [3.63, 3.8) is 0 Å². The van der Waals surface area contributed by atoms with Gasteiger partial charge in [0.05, 0.1) is 17.2 Å². The molecule has 2 aromatic carbocycles. The third kappa shape index (κ3) is 3.46. The van der Waals surface area contributed by atoms with Crippen LogP contribution in [0.1, 0.15) is 17.3 Å². The maximum Gasteiger partial charge on any atom is 0.338 e. The number of nitrogens with two attached hydrogens (primary N) is 1. The smallest absolute Gasteiger partial charge is 0.338 e. The Bertz CT molecular complexity index is 631. The molecule has 0 saturated carbocycles. The van der Waals surface area contributed by atoms with Gasteiger partial charge in [-0.2, -0.15) is 0 Å². The van der Waals surface area contributed by atoms with Crippen molar-refractivity contribution in [1.82, 2.24) is 0 Å². The Balaban J connectivity index is 2.30. The van der Waals surface area contributed by atoms with Gasteiger partial charge in [0, 0.05) is 15.5 Å². The summed E-state index contributed by atoms with van der Waals surface area (Å²) in [6, 6.07) is 12.6. The second kappa shape index (κ2) is 6.68. The normalized spacial score (nSPS) is 10.3. The minimum Gasteiger partial charge on any atom is -0.462 e. The largest absolute Gasteiger partial charge is 0.462 e. The molecule has 104 valence electrons. The lowest BCUT2D eigenvalue weighted by molar-refractivity contribution is 0.0526. The molecule has 0 aliphatic carbocycles. The van der Waals surface area contributed by atoms with Gasteiger partial charge in [-0.15, -0.1) is 0 Å². The second-order valence-electron chi connectivity index (χ2n) is 4.01. The van der Waals surface area contributed by atoms with Crippen molar-refractivity contribution in [2.45, 2.75) is 16.7 Å². The van der Waals surface area contributed by atoms with Gasteiger partial charge in [-0.1, -0.05) is 35.5 Å². The topological polar surface area (TPSA) is 52.3 Å². The molecule has 0 saturated heterocycles. The van der Waals surface area contributed by atoms with Crippen LogP contribution in [0.15, 0.2) is 52.3 Å². The lowest BCUT2D eigenvalue weighted by atomic mass is 10.2. The first-order chi connectivity index (χ1) is 9.61. The molecular formula is C15H14ClNO2S. The number of halogens is 1. The summed E-state index contributed by atoms with van der Waals surface area (Å²) in [4.78, 5) is 13.4. The summed E-state index contributed by atoms with van der Waals surface area (Å²) < 4.78 is 4.98. The first kappa shape index (κ1) is 14.8. The summed E-state index contributed by atoms with van der Waals surface area (Å²) in [6.45, 7) is 2.12. The molecule has 0 aliphatic heterocycles. The molecule has 0 atom stereocenters. The van der Waals surface area contributed by atoms with Crippen LogP contribution in [0.5, 0.6) is 0 Å². The third-order valence-electron chi connectivity index (χ3n) is 2.58. The molecule has 0 amide bonds. The van der Waals surface area contributed by atoms with Crippen LogP contribution in [0.4, 0.5) is 5.69 Å². The van der Waals surface area contributed by atoms with Crippen molar-refractivity contribution < 1.29 is 9.53 Å². The number of carbonyl (C=O) groups is 1. The van der Waals surface area contributed by atoms with Gasteiger partial charge in [0.15, 0.2) is 0 Å². The molecule has 0 spiro atoms. The van der Waals surface area contributed by atoms with Crippen molar-refractivity contribution in [2.75, 3.05) is 12.3 Å². The van der Waals surface area contributed by atoms with Crippen LogP contribution in [0, 0.1) is 0 Å². The minimum absolute atomic E-state index is 0.343. The van der Waals surface area contributed by atoms with Gasteiger partial charge >= 0.3 is 5.97 Å². The number of hydrogen-bond acceptors (Lipinski definition) is 4. The van der Waals surface area contributed by atoms with Gasteiger partial charge in [-0.25, -0.2) is 4.79 Å². The fourth-order valence-corrected chi connectivity index (χ4v) is 2.78. The molecule has 2 rings (SSSR count). The van der Waals surface area contributed by atoms with Crippen LogP contribution in [0.3, 0.4) is 0 Å². The lowest BCUT2D eigenvalue weighted by Gasteiger charge is -2.09. The molecule has 5 heteroatoms. The summed E-state index contributed by atoms with van der Waals surface area (Å²) in [7, 11) is 0. The van der Waals surface area contributed by atoms with Crippen LogP contribution in [0.2, 0.25) is 5.02 Å². The van der Waals surface area contributed by atoms with E-state index in [9.17, 15) is 4.79 Å². The van der Waals surface area contributed by atoms with E-state index >= 15 is 0 Å². The fraction of sp³-hybridized carbons (Fsp3) is 0.133. The van der Waals surface area contributed by atoms with Gasteiger partial charge in [0.2, 0.25) is 0 Å². The molecule has 0 aromatic heterocycles. The number of hydrogen-bond donors (Lipinski definition) is 1. The summed E-state index contributed by atoms with van der Waals surface area (Å²) in [6.07, 6.45) is 0. The van der Waals surface area contributed by atoms with E-state index < -0.39 is 0 Å². The second-order valence-corrected chi connectivity index (χ2v) is 5.50. The van der Waals surface area contributed by atoms with E-state index in [1.54, 1.807) is 25.1 Å². The van der Waals surface area contributed by atoms with Crippen LogP contribution < -0.4 is 5.73 Å². The maximum atomic E-state index is 11.7. The maximum absolute atomic E-state index is 11.7. The highest BCUT2D eigenvalue weighted by Crippen LogP contribution is 2.36. The molecule has 0 fully saturated rings. The SMILES string of the molecule is CCOC(=O)c1ccc(N)c(Sc2ccccc2Cl)c1. The van der Waals surface area contributed by atoms with Gasteiger partial charge in [0.1, 0.15) is 0 Å². The van der Waals surface area contributed by atoms with E-state index in [2.05, 4.69) is 0 Å². The quantitative estimate of drug-likeness (QED) is 0.677. The van der Waals surface area contributed by atoms with E-state index in [1.807, 2.05) is 24.3 Å². The van der Waals surface area contributed by atoms with Crippen LogP contribution in [-0.2, 0) is 4.74 Å². The molecule has 20 heavy (non-hydrogen) atoms. The van der Waals surface area contributed by atoms with Crippen LogP contribution >= 0.6 is 23.4 Å². The zero-order valence-corrected chi connectivity index (χ0v) is 12.5. The number of nitrogen functional groups attached to an aromatic ring is 1. The molecule has 3 nitrogen and oxygen atoms in total. The standard InChI is InChI=1S/C15H14ClNO2S/c1-2-19-15(18)10-7-8-12(17)14(9-10)20-13-6-4-3-5-11(13)16/h3-9H,2,17H2,1H3. The molecule has 2 aromatic rings. The number of benzene rings is 2. The zero-order chi connectivity index (χ0) is 14.5. The lowest BCUT2D eigenvalue weighted by Crippen LogP contribution is -2.05. The number of rotatable bonds is 4. The van der Waals surface area contributed by atoms with Gasteiger partial charge in [-0.3, -0.25) is 0 Å². The number of anilines is 1. The Labute approximate surface area is 127 Å². The Morgan fingerprint density at radius 2 is 2.00 bits per heavy atom. The fourth-order valence-electron chi connectivity index (χ4n) is 1.61. The molecular weight excluding hydrogens is 294 g/mol. The Morgan fingerprint density at radius 3 is 2.70 bits per heavy atom. The zero-order valence-electron chi connectivity index (χ0n) is 10.9. The molecule has 0 aliphatic rings. The molecule has 0 radical (unpaired) electrons. The summed E-state index contributed by atoms with van der Waals surface area (Å²) in [5.74, 6) is -0.353. The highest BCUT2D eigenvalue weighted by molar-refractivity contribution is 7.99. The predicted octanol–water partition coefficient (Wildman–Crippen LogP) is 4.25. The van der Waals surface area contributed by atoms with Gasteiger partial charge in [-0.05, 0) is 37.3 Å². The predicted molar refractivity (Wildman–Crippen MR) is 82.4 cm³/mol. The van der Waals surface area contributed by atoms with Gasteiger partial charge in [0.25, 0.3) is 0 Å². The number of esters is 1. The minimum atomic E-state index is -0.353. The third-order valence-corrected chi connectivity index (χ3v) is 4.17. The first-order valence-corrected chi connectivity index (χ1v) is 7.30. The summed E-state index contributed by atoms with van der Waals surface area (Å²) >= 11 is 7.55. The Hall–Kier alpha value is -1.65. The number of carbonyl (C=O) groups excluding carboxylic acids is 1. The van der Waals surface area contributed by atoms with Crippen LogP contribution in [-0.4, -0.2) is 12.6 Å². The summed E-state index contributed by atoms with van der Waals surface area (Å²) in [5.41, 5.74) is 7.03. The molecule has 0 unspecified atom stereocenters. The van der Waals surface area contributed by atoms with Crippen molar-refractivity contribution in [1.29, 1.82) is 0 Å². The molecule has 0 heterocycles. The van der Waals surface area contributed by atoms with E-state index in [-0.39, 0.29) is 5.97 Å². The average molecular weight is 308 g/mol. The van der Waals surface area contributed by atoms with E-state index in [4.69, 9.17) is 22.1 Å². The van der Waals surface area contributed by atoms with E-state index in [0.29, 0.717) is 22.9 Å². The van der Waals surface area contributed by atoms with Crippen molar-refractivity contribution >= 4 is 35.0 Å². The Morgan fingerprint density at radius 1 is 1.25 bits per heavy atom. The molecule has 0 bridgehead atoms. The monoisotopic (exact) mass is 307 g/mol. The average Bonchev–Trinajstić information content (AvgIpc) is 2.44. The van der Waals surface area contributed by atoms with E-state index in [0.717, 1.165) is 9.79 Å². The number of ether oxygens (including phenoxy) is 1.